The minimum Gasteiger partial charge on any atom is -0.349 e. The average molecular weight is 350 g/mol. The first-order valence-corrected chi connectivity index (χ1v) is 7.81. The quantitative estimate of drug-likeness (QED) is 0.886. The molecule has 0 saturated heterocycles. The molecule has 0 unspecified atom stereocenters. The topological polar surface area (TPSA) is 71.1 Å². The standard InChI is InChI=1S/C16H13Cl2N3O2/c17-13-4-3-12(6-14(13)18)21-16(23)10-5-9(7-19-8-10)15(22)20-11-1-2-11/h3-8,11H,1-2H2,(H,20,22)(H,21,23). The summed E-state index contributed by atoms with van der Waals surface area (Å²) >= 11 is 11.8. The third-order valence-electron chi connectivity index (χ3n) is 3.35. The van der Waals surface area contributed by atoms with E-state index in [1.54, 1.807) is 18.2 Å². The lowest BCUT2D eigenvalue weighted by molar-refractivity contribution is 0.0950. The number of nitrogens with one attached hydrogen (secondary N) is 2. The smallest absolute Gasteiger partial charge is 0.257 e. The van der Waals surface area contributed by atoms with E-state index in [2.05, 4.69) is 15.6 Å². The number of aromatic nitrogens is 1. The lowest BCUT2D eigenvalue weighted by Gasteiger charge is -2.08. The van der Waals surface area contributed by atoms with Crippen LogP contribution in [0.3, 0.4) is 0 Å². The molecule has 7 heteroatoms. The summed E-state index contributed by atoms with van der Waals surface area (Å²) in [5.74, 6) is -0.596. The Kier molecular flexibility index (Phi) is 4.50. The second-order valence-electron chi connectivity index (χ2n) is 5.29. The van der Waals surface area contributed by atoms with Crippen molar-refractivity contribution in [2.45, 2.75) is 18.9 Å². The molecule has 1 fully saturated rings. The monoisotopic (exact) mass is 349 g/mol. The largest absolute Gasteiger partial charge is 0.349 e. The van der Waals surface area contributed by atoms with E-state index in [1.165, 1.54) is 18.5 Å². The molecule has 2 N–H and O–H groups in total. The molecule has 3 rings (SSSR count). The van der Waals surface area contributed by atoms with E-state index in [0.717, 1.165) is 12.8 Å². The maximum atomic E-state index is 12.3. The number of hydrogen-bond donors (Lipinski definition) is 2. The number of pyridine rings is 1. The Balaban J connectivity index is 1.73. The first kappa shape index (κ1) is 15.8. The van der Waals surface area contributed by atoms with Crippen LogP contribution in [0.2, 0.25) is 10.0 Å². The summed E-state index contributed by atoms with van der Waals surface area (Å²) in [7, 11) is 0. The maximum absolute atomic E-state index is 12.3. The number of rotatable bonds is 4. The predicted molar refractivity (Wildman–Crippen MR) is 89.1 cm³/mol. The zero-order valence-corrected chi connectivity index (χ0v) is 13.5. The number of halogens is 2. The van der Waals surface area contributed by atoms with Gasteiger partial charge in [0.1, 0.15) is 0 Å². The molecule has 0 bridgehead atoms. The molecule has 1 aliphatic rings. The molecule has 1 aliphatic carbocycles. The van der Waals surface area contributed by atoms with E-state index in [0.29, 0.717) is 26.9 Å². The number of amides is 2. The molecule has 1 aromatic carbocycles. The first-order chi connectivity index (χ1) is 11.0. The molecule has 1 saturated carbocycles. The van der Waals surface area contributed by atoms with Gasteiger partial charge in [0.15, 0.2) is 0 Å². The van der Waals surface area contributed by atoms with Crippen molar-refractivity contribution in [3.63, 3.8) is 0 Å². The lowest BCUT2D eigenvalue weighted by atomic mass is 10.2. The van der Waals surface area contributed by atoms with Gasteiger partial charge in [0, 0.05) is 24.1 Å². The van der Waals surface area contributed by atoms with E-state index < -0.39 is 0 Å². The summed E-state index contributed by atoms with van der Waals surface area (Å²) in [6.07, 6.45) is 4.84. The first-order valence-electron chi connectivity index (χ1n) is 7.05. The minimum absolute atomic E-state index is 0.218. The van der Waals surface area contributed by atoms with Crippen molar-refractivity contribution < 1.29 is 9.59 Å². The number of anilines is 1. The highest BCUT2D eigenvalue weighted by molar-refractivity contribution is 6.42. The molecular formula is C16H13Cl2N3O2. The molecule has 1 heterocycles. The predicted octanol–water partition coefficient (Wildman–Crippen LogP) is 3.53. The molecule has 1 aromatic heterocycles. The normalized spacial score (nSPS) is 13.5. The summed E-state index contributed by atoms with van der Waals surface area (Å²) in [5.41, 5.74) is 1.16. The van der Waals surface area contributed by atoms with Crippen LogP contribution in [0.4, 0.5) is 5.69 Å². The Morgan fingerprint density at radius 2 is 1.70 bits per heavy atom. The Labute approximate surface area is 143 Å². The van der Waals surface area contributed by atoms with Crippen molar-refractivity contribution in [1.29, 1.82) is 0 Å². The lowest BCUT2D eigenvalue weighted by Crippen LogP contribution is -2.26. The van der Waals surface area contributed by atoms with Crippen molar-refractivity contribution in [2.24, 2.45) is 0 Å². The third kappa shape index (κ3) is 4.00. The van der Waals surface area contributed by atoms with Crippen LogP contribution < -0.4 is 10.6 Å². The fourth-order valence-corrected chi connectivity index (χ4v) is 2.26. The highest BCUT2D eigenvalue weighted by Crippen LogP contribution is 2.25. The van der Waals surface area contributed by atoms with Crippen LogP contribution in [0.1, 0.15) is 33.6 Å². The highest BCUT2D eigenvalue weighted by atomic mass is 35.5. The van der Waals surface area contributed by atoms with Gasteiger partial charge in [-0.15, -0.1) is 0 Å². The van der Waals surface area contributed by atoms with Gasteiger partial charge in [-0.05, 0) is 37.1 Å². The van der Waals surface area contributed by atoms with Crippen LogP contribution in [0.25, 0.3) is 0 Å². The number of nitrogens with zero attached hydrogens (tertiary/aromatic N) is 1. The van der Waals surface area contributed by atoms with Crippen molar-refractivity contribution in [2.75, 3.05) is 5.32 Å². The Morgan fingerprint density at radius 1 is 1.00 bits per heavy atom. The second-order valence-corrected chi connectivity index (χ2v) is 6.11. The van der Waals surface area contributed by atoms with Gasteiger partial charge in [0.05, 0.1) is 21.2 Å². The summed E-state index contributed by atoms with van der Waals surface area (Å²) in [4.78, 5) is 28.2. The number of carbonyl (C=O) groups is 2. The SMILES string of the molecule is O=C(Nc1ccc(Cl)c(Cl)c1)c1cncc(C(=O)NC2CC2)c1. The van der Waals surface area contributed by atoms with Gasteiger partial charge in [-0.25, -0.2) is 0 Å². The molecule has 0 aliphatic heterocycles. The summed E-state index contributed by atoms with van der Waals surface area (Å²) in [6, 6.07) is 6.55. The van der Waals surface area contributed by atoms with Crippen molar-refractivity contribution in [1.82, 2.24) is 10.3 Å². The van der Waals surface area contributed by atoms with E-state index in [-0.39, 0.29) is 17.9 Å². The second kappa shape index (κ2) is 6.56. The molecule has 0 radical (unpaired) electrons. The van der Waals surface area contributed by atoms with E-state index >= 15 is 0 Å². The minimum atomic E-state index is -0.378. The molecule has 2 amide bonds. The number of hydrogen-bond acceptors (Lipinski definition) is 3. The Bertz CT molecular complexity index is 776. The number of benzene rings is 1. The van der Waals surface area contributed by atoms with Crippen molar-refractivity contribution in [3.05, 3.63) is 57.8 Å². The zero-order chi connectivity index (χ0) is 16.4. The fraction of sp³-hybridized carbons (Fsp3) is 0.188. The Morgan fingerprint density at radius 3 is 2.35 bits per heavy atom. The van der Waals surface area contributed by atoms with Gasteiger partial charge in [-0.2, -0.15) is 0 Å². The third-order valence-corrected chi connectivity index (χ3v) is 4.09. The van der Waals surface area contributed by atoms with Gasteiger partial charge in [-0.1, -0.05) is 23.2 Å². The van der Waals surface area contributed by atoms with E-state index in [4.69, 9.17) is 23.2 Å². The molecule has 23 heavy (non-hydrogen) atoms. The number of carbonyl (C=O) groups excluding carboxylic acids is 2. The molecule has 0 atom stereocenters. The van der Waals surface area contributed by atoms with Crippen LogP contribution in [0, 0.1) is 0 Å². The van der Waals surface area contributed by atoms with Crippen molar-refractivity contribution >= 4 is 40.7 Å². The molecule has 5 nitrogen and oxygen atoms in total. The van der Waals surface area contributed by atoms with Crippen LogP contribution >= 0.6 is 23.2 Å². The van der Waals surface area contributed by atoms with E-state index in [1.807, 2.05) is 0 Å². The molecule has 118 valence electrons. The summed E-state index contributed by atoms with van der Waals surface area (Å²) in [5, 5.41) is 6.30. The fourth-order valence-electron chi connectivity index (χ4n) is 1.96. The Hall–Kier alpha value is -2.11. The van der Waals surface area contributed by atoms with Crippen molar-refractivity contribution in [3.8, 4) is 0 Å². The summed E-state index contributed by atoms with van der Waals surface area (Å²) in [6.45, 7) is 0. The van der Waals surface area contributed by atoms with Crippen LogP contribution in [-0.2, 0) is 0 Å². The van der Waals surface area contributed by atoms with Crippen LogP contribution in [-0.4, -0.2) is 22.8 Å². The van der Waals surface area contributed by atoms with Gasteiger partial charge in [0.25, 0.3) is 11.8 Å². The maximum Gasteiger partial charge on any atom is 0.257 e. The van der Waals surface area contributed by atoms with Crippen LogP contribution in [0.15, 0.2) is 36.7 Å². The van der Waals surface area contributed by atoms with Gasteiger partial charge >= 0.3 is 0 Å². The highest BCUT2D eigenvalue weighted by Gasteiger charge is 2.24. The van der Waals surface area contributed by atoms with Gasteiger partial charge in [-0.3, -0.25) is 14.6 Å². The van der Waals surface area contributed by atoms with Gasteiger partial charge < -0.3 is 10.6 Å². The van der Waals surface area contributed by atoms with E-state index in [9.17, 15) is 9.59 Å². The molecule has 2 aromatic rings. The zero-order valence-electron chi connectivity index (χ0n) is 12.0. The molecule has 0 spiro atoms. The average Bonchev–Trinajstić information content (AvgIpc) is 3.35. The van der Waals surface area contributed by atoms with Gasteiger partial charge in [0.2, 0.25) is 0 Å². The summed E-state index contributed by atoms with van der Waals surface area (Å²) < 4.78 is 0. The van der Waals surface area contributed by atoms with Crippen LogP contribution in [0.5, 0.6) is 0 Å². The molecular weight excluding hydrogens is 337 g/mol.